The zero-order valence-corrected chi connectivity index (χ0v) is 18.3. The molecular weight excluding hydrogens is 443 g/mol. The van der Waals surface area contributed by atoms with E-state index in [9.17, 15) is 0 Å². The SMILES string of the molecule is CCNC(=NCC(c1cccs1)N(C)C)N1CCc2ccccc21.I. The van der Waals surface area contributed by atoms with Crippen LogP contribution in [-0.2, 0) is 6.42 Å². The van der Waals surface area contributed by atoms with E-state index in [-0.39, 0.29) is 24.0 Å². The summed E-state index contributed by atoms with van der Waals surface area (Å²) in [5.74, 6) is 0.992. The van der Waals surface area contributed by atoms with Gasteiger partial charge in [0.2, 0.25) is 0 Å². The highest BCUT2D eigenvalue weighted by Gasteiger charge is 2.23. The Morgan fingerprint density at radius 2 is 2.08 bits per heavy atom. The van der Waals surface area contributed by atoms with Crippen LogP contribution in [0.4, 0.5) is 5.69 Å². The van der Waals surface area contributed by atoms with E-state index < -0.39 is 0 Å². The monoisotopic (exact) mass is 470 g/mol. The second-order valence-electron chi connectivity index (χ2n) is 6.22. The predicted molar refractivity (Wildman–Crippen MR) is 120 cm³/mol. The first kappa shape index (κ1) is 20.2. The van der Waals surface area contributed by atoms with E-state index in [0.29, 0.717) is 6.04 Å². The number of nitrogens with zero attached hydrogens (tertiary/aromatic N) is 3. The first-order valence-corrected chi connectivity index (χ1v) is 9.42. The van der Waals surface area contributed by atoms with Crippen molar-refractivity contribution >= 4 is 47.0 Å². The van der Waals surface area contributed by atoms with Crippen LogP contribution in [0.5, 0.6) is 0 Å². The number of guanidine groups is 1. The summed E-state index contributed by atoms with van der Waals surface area (Å²) >= 11 is 1.80. The van der Waals surface area contributed by atoms with Crippen LogP contribution in [0.3, 0.4) is 0 Å². The number of benzene rings is 1. The summed E-state index contributed by atoms with van der Waals surface area (Å²) in [6.45, 7) is 4.76. The molecule has 0 fully saturated rings. The fourth-order valence-corrected chi connectivity index (χ4v) is 4.03. The number of halogens is 1. The van der Waals surface area contributed by atoms with Gasteiger partial charge in [0.05, 0.1) is 12.6 Å². The maximum Gasteiger partial charge on any atom is 0.198 e. The second-order valence-corrected chi connectivity index (χ2v) is 7.20. The van der Waals surface area contributed by atoms with Crippen molar-refractivity contribution in [2.45, 2.75) is 19.4 Å². The maximum atomic E-state index is 4.97. The van der Waals surface area contributed by atoms with E-state index in [1.807, 2.05) is 0 Å². The molecule has 1 aliphatic rings. The quantitative estimate of drug-likeness (QED) is 0.407. The van der Waals surface area contributed by atoms with Crippen LogP contribution in [0.15, 0.2) is 46.8 Å². The number of hydrogen-bond acceptors (Lipinski definition) is 3. The molecule has 1 aromatic carbocycles. The standard InChI is InChI=1S/C19H26N4S.HI/c1-4-20-19(23-12-11-15-8-5-6-9-16(15)23)21-14-17(22(2)3)18-10-7-13-24-18;/h5-10,13,17H,4,11-12,14H2,1-3H3,(H,20,21);1H. The lowest BCUT2D eigenvalue weighted by atomic mass is 10.2. The van der Waals surface area contributed by atoms with Crippen LogP contribution >= 0.6 is 35.3 Å². The summed E-state index contributed by atoms with van der Waals surface area (Å²) in [7, 11) is 4.25. The topological polar surface area (TPSA) is 30.9 Å². The fraction of sp³-hybridized carbons (Fsp3) is 0.421. The van der Waals surface area contributed by atoms with E-state index in [1.165, 1.54) is 16.1 Å². The lowest BCUT2D eigenvalue weighted by molar-refractivity contribution is 0.310. The molecule has 0 radical (unpaired) electrons. The third-order valence-electron chi connectivity index (χ3n) is 4.39. The maximum absolute atomic E-state index is 4.97. The van der Waals surface area contributed by atoms with Crippen molar-refractivity contribution in [3.63, 3.8) is 0 Å². The van der Waals surface area contributed by atoms with Gasteiger partial charge in [-0.15, -0.1) is 35.3 Å². The van der Waals surface area contributed by atoms with Crippen LogP contribution in [-0.4, -0.2) is 44.6 Å². The molecule has 1 N–H and O–H groups in total. The van der Waals surface area contributed by atoms with Gasteiger partial charge in [0.1, 0.15) is 0 Å². The zero-order valence-electron chi connectivity index (χ0n) is 15.1. The molecule has 2 heterocycles. The van der Waals surface area contributed by atoms with E-state index in [0.717, 1.165) is 32.0 Å². The van der Waals surface area contributed by atoms with Gasteiger partial charge in [-0.2, -0.15) is 0 Å². The number of nitrogens with one attached hydrogen (secondary N) is 1. The van der Waals surface area contributed by atoms with Gasteiger partial charge in [0, 0.05) is 23.7 Å². The molecular formula is C19H27IN4S. The summed E-state index contributed by atoms with van der Waals surface area (Å²) < 4.78 is 0. The fourth-order valence-electron chi connectivity index (χ4n) is 3.11. The number of aliphatic imine (C=N–C) groups is 1. The molecule has 3 rings (SSSR count). The molecule has 136 valence electrons. The van der Waals surface area contributed by atoms with Crippen LogP contribution in [0, 0.1) is 0 Å². The Labute approximate surface area is 172 Å². The van der Waals surface area contributed by atoms with Gasteiger partial charge >= 0.3 is 0 Å². The summed E-state index contributed by atoms with van der Waals surface area (Å²) in [6.07, 6.45) is 1.09. The normalized spacial score (nSPS) is 15.0. The third-order valence-corrected chi connectivity index (χ3v) is 5.36. The average molecular weight is 470 g/mol. The smallest absolute Gasteiger partial charge is 0.198 e. The lowest BCUT2D eigenvalue weighted by Gasteiger charge is -2.25. The van der Waals surface area contributed by atoms with Crippen LogP contribution < -0.4 is 10.2 Å². The Bertz CT molecular complexity index is 684. The Morgan fingerprint density at radius 3 is 2.76 bits per heavy atom. The van der Waals surface area contributed by atoms with Crippen molar-refractivity contribution < 1.29 is 0 Å². The Hall–Kier alpha value is -1.12. The van der Waals surface area contributed by atoms with Crippen LogP contribution in [0.1, 0.15) is 23.4 Å². The Morgan fingerprint density at radius 1 is 1.28 bits per heavy atom. The number of fused-ring (bicyclic) bond motifs is 1. The van der Waals surface area contributed by atoms with Gasteiger partial charge in [-0.1, -0.05) is 24.3 Å². The second kappa shape index (κ2) is 9.54. The number of thiophene rings is 1. The molecule has 0 bridgehead atoms. The molecule has 1 aliphatic heterocycles. The van der Waals surface area contributed by atoms with Crippen molar-refractivity contribution in [3.05, 3.63) is 52.2 Å². The van der Waals surface area contributed by atoms with Gasteiger partial charge in [-0.25, -0.2) is 0 Å². The van der Waals surface area contributed by atoms with Gasteiger partial charge in [-0.3, -0.25) is 4.99 Å². The number of anilines is 1. The Balaban J connectivity index is 0.00000225. The highest BCUT2D eigenvalue weighted by Crippen LogP contribution is 2.28. The molecule has 0 aliphatic carbocycles. The predicted octanol–water partition coefficient (Wildman–Crippen LogP) is 4.00. The van der Waals surface area contributed by atoms with E-state index in [4.69, 9.17) is 4.99 Å². The van der Waals surface area contributed by atoms with Gasteiger partial charge in [0.15, 0.2) is 5.96 Å². The van der Waals surface area contributed by atoms with E-state index >= 15 is 0 Å². The molecule has 0 spiro atoms. The first-order chi connectivity index (χ1) is 11.7. The van der Waals surface area contributed by atoms with Crippen LogP contribution in [0.2, 0.25) is 0 Å². The molecule has 6 heteroatoms. The number of likely N-dealkylation sites (N-methyl/N-ethyl adjacent to an activating group) is 1. The number of rotatable bonds is 5. The lowest BCUT2D eigenvalue weighted by Crippen LogP contribution is -2.41. The van der Waals surface area contributed by atoms with Crippen molar-refractivity contribution in [2.24, 2.45) is 4.99 Å². The van der Waals surface area contributed by atoms with E-state index in [1.54, 1.807) is 11.3 Å². The largest absolute Gasteiger partial charge is 0.356 e. The summed E-state index contributed by atoms with van der Waals surface area (Å²) in [5.41, 5.74) is 2.69. The molecule has 1 unspecified atom stereocenters. The van der Waals surface area contributed by atoms with Gasteiger partial charge in [-0.05, 0) is 50.5 Å². The van der Waals surface area contributed by atoms with E-state index in [2.05, 4.69) is 77.9 Å². The molecule has 25 heavy (non-hydrogen) atoms. The highest BCUT2D eigenvalue weighted by molar-refractivity contribution is 14.0. The summed E-state index contributed by atoms with van der Waals surface area (Å²) in [4.78, 5) is 10.9. The number of para-hydroxylation sites is 1. The molecule has 4 nitrogen and oxygen atoms in total. The zero-order chi connectivity index (χ0) is 16.9. The van der Waals surface area contributed by atoms with Crippen molar-refractivity contribution in [3.8, 4) is 0 Å². The minimum absolute atomic E-state index is 0. The Kier molecular flexibility index (Phi) is 7.71. The molecule has 1 aromatic heterocycles. The highest BCUT2D eigenvalue weighted by atomic mass is 127. The first-order valence-electron chi connectivity index (χ1n) is 8.54. The van der Waals surface area contributed by atoms with Crippen LogP contribution in [0.25, 0.3) is 0 Å². The molecule has 1 atom stereocenters. The van der Waals surface area contributed by atoms with Crippen molar-refractivity contribution in [2.75, 3.05) is 38.6 Å². The number of hydrogen-bond donors (Lipinski definition) is 1. The average Bonchev–Trinajstić information content (AvgIpc) is 3.23. The molecule has 0 amide bonds. The third kappa shape index (κ3) is 4.74. The molecule has 0 saturated carbocycles. The van der Waals surface area contributed by atoms with Gasteiger partial charge in [0.25, 0.3) is 0 Å². The molecule has 2 aromatic rings. The van der Waals surface area contributed by atoms with Gasteiger partial charge < -0.3 is 15.1 Å². The summed E-state index contributed by atoms with van der Waals surface area (Å²) in [5, 5.41) is 5.60. The minimum atomic E-state index is 0. The van der Waals surface area contributed by atoms with Crippen molar-refractivity contribution in [1.82, 2.24) is 10.2 Å². The summed E-state index contributed by atoms with van der Waals surface area (Å²) in [6, 6.07) is 13.3. The van der Waals surface area contributed by atoms with Crippen molar-refractivity contribution in [1.29, 1.82) is 0 Å². The molecule has 0 saturated heterocycles. The minimum Gasteiger partial charge on any atom is -0.356 e.